The van der Waals surface area contributed by atoms with Crippen LogP contribution in [-0.2, 0) is 0 Å². The molecule has 1 N–H and O–H groups in total. The van der Waals surface area contributed by atoms with Crippen LogP contribution in [-0.4, -0.2) is 19.1 Å². The maximum absolute atomic E-state index is 11.6. The van der Waals surface area contributed by atoms with E-state index in [2.05, 4.69) is 5.32 Å². The van der Waals surface area contributed by atoms with Crippen molar-refractivity contribution in [3.8, 4) is 11.8 Å². The summed E-state index contributed by atoms with van der Waals surface area (Å²) in [5.41, 5.74) is 0.835. The Labute approximate surface area is 93.8 Å². The number of nitriles is 1. The number of nitrogens with zero attached hydrogens (tertiary/aromatic N) is 1. The van der Waals surface area contributed by atoms with E-state index >= 15 is 0 Å². The molecule has 4 heteroatoms. The maximum Gasteiger partial charge on any atom is 0.254 e. The number of nitrogens with one attached hydrogen (secondary N) is 1. The van der Waals surface area contributed by atoms with Crippen molar-refractivity contribution in [1.29, 1.82) is 5.26 Å². The Hall–Kier alpha value is -2.02. The lowest BCUT2D eigenvalue weighted by atomic mass is 10.1. The molecule has 1 aliphatic rings. The van der Waals surface area contributed by atoms with Crippen LogP contribution in [0.15, 0.2) is 18.2 Å². The van der Waals surface area contributed by atoms with Gasteiger partial charge in [-0.05, 0) is 25.0 Å². The van der Waals surface area contributed by atoms with Crippen molar-refractivity contribution >= 4 is 5.91 Å². The summed E-state index contributed by atoms with van der Waals surface area (Å²) in [6.45, 7) is 0. The Morgan fingerprint density at radius 1 is 1.56 bits per heavy atom. The molecule has 0 unspecified atom stereocenters. The van der Waals surface area contributed by atoms with Gasteiger partial charge in [0.05, 0.1) is 17.2 Å². The third kappa shape index (κ3) is 1.98. The number of para-hydroxylation sites is 1. The molecule has 4 nitrogen and oxygen atoms in total. The van der Waals surface area contributed by atoms with Gasteiger partial charge in [-0.1, -0.05) is 6.07 Å². The lowest BCUT2D eigenvalue weighted by Gasteiger charge is -2.11. The third-order valence-corrected chi connectivity index (χ3v) is 2.42. The SMILES string of the molecule is CNC(=O)c1cccc(C#N)c1OC1CC1. The van der Waals surface area contributed by atoms with Crippen molar-refractivity contribution in [1.82, 2.24) is 5.32 Å². The Balaban J connectivity index is 2.41. The van der Waals surface area contributed by atoms with Crippen molar-refractivity contribution in [3.63, 3.8) is 0 Å². The van der Waals surface area contributed by atoms with Crippen LogP contribution in [0.4, 0.5) is 0 Å². The van der Waals surface area contributed by atoms with Crippen molar-refractivity contribution in [3.05, 3.63) is 29.3 Å². The van der Waals surface area contributed by atoms with Crippen LogP contribution in [0.3, 0.4) is 0 Å². The van der Waals surface area contributed by atoms with Gasteiger partial charge in [0.2, 0.25) is 0 Å². The van der Waals surface area contributed by atoms with E-state index in [-0.39, 0.29) is 12.0 Å². The minimum atomic E-state index is -0.229. The molecule has 1 aromatic rings. The largest absolute Gasteiger partial charge is 0.488 e. The Morgan fingerprint density at radius 2 is 2.31 bits per heavy atom. The highest BCUT2D eigenvalue weighted by Crippen LogP contribution is 2.31. The molecule has 0 bridgehead atoms. The van der Waals surface area contributed by atoms with Gasteiger partial charge < -0.3 is 10.1 Å². The molecule has 0 spiro atoms. The zero-order chi connectivity index (χ0) is 11.5. The van der Waals surface area contributed by atoms with E-state index < -0.39 is 0 Å². The van der Waals surface area contributed by atoms with Crippen LogP contribution in [0.25, 0.3) is 0 Å². The van der Waals surface area contributed by atoms with Crippen LogP contribution < -0.4 is 10.1 Å². The zero-order valence-electron chi connectivity index (χ0n) is 8.99. The van der Waals surface area contributed by atoms with Gasteiger partial charge in [-0.15, -0.1) is 0 Å². The molecule has 1 fully saturated rings. The normalized spacial score (nSPS) is 14.0. The van der Waals surface area contributed by atoms with Crippen LogP contribution in [0.5, 0.6) is 5.75 Å². The first-order valence-electron chi connectivity index (χ1n) is 5.18. The third-order valence-electron chi connectivity index (χ3n) is 2.42. The first-order valence-corrected chi connectivity index (χ1v) is 5.18. The predicted molar refractivity (Wildman–Crippen MR) is 58.2 cm³/mol. The van der Waals surface area contributed by atoms with E-state index in [1.807, 2.05) is 6.07 Å². The molecule has 1 saturated carbocycles. The molecule has 0 aromatic heterocycles. The summed E-state index contributed by atoms with van der Waals surface area (Å²) in [6, 6.07) is 7.05. The first-order chi connectivity index (χ1) is 7.76. The van der Waals surface area contributed by atoms with Crippen molar-refractivity contribution in [2.75, 3.05) is 7.05 Å². The molecule has 16 heavy (non-hydrogen) atoms. The van der Waals surface area contributed by atoms with Crippen molar-refractivity contribution in [2.45, 2.75) is 18.9 Å². The average molecular weight is 216 g/mol. The fraction of sp³-hybridized carbons (Fsp3) is 0.333. The summed E-state index contributed by atoms with van der Waals surface area (Å²) in [4.78, 5) is 11.6. The van der Waals surface area contributed by atoms with Gasteiger partial charge in [-0.25, -0.2) is 0 Å². The summed E-state index contributed by atoms with van der Waals surface area (Å²) in [7, 11) is 1.56. The minimum Gasteiger partial charge on any atom is -0.488 e. The predicted octanol–water partition coefficient (Wildman–Crippen LogP) is 1.46. The van der Waals surface area contributed by atoms with Crippen molar-refractivity contribution in [2.24, 2.45) is 0 Å². The first kappa shape index (κ1) is 10.5. The van der Waals surface area contributed by atoms with E-state index in [0.29, 0.717) is 16.9 Å². The van der Waals surface area contributed by atoms with E-state index in [1.165, 1.54) is 0 Å². The molecule has 1 amide bonds. The molecule has 0 atom stereocenters. The zero-order valence-corrected chi connectivity index (χ0v) is 8.99. The lowest BCUT2D eigenvalue weighted by Crippen LogP contribution is -2.19. The summed E-state index contributed by atoms with van der Waals surface area (Å²) >= 11 is 0. The van der Waals surface area contributed by atoms with Crippen LogP contribution in [0.1, 0.15) is 28.8 Å². The van der Waals surface area contributed by atoms with Crippen LogP contribution in [0, 0.1) is 11.3 Å². The van der Waals surface area contributed by atoms with Gasteiger partial charge in [0.25, 0.3) is 5.91 Å². The second-order valence-electron chi connectivity index (χ2n) is 3.69. The highest BCUT2D eigenvalue weighted by atomic mass is 16.5. The second-order valence-corrected chi connectivity index (χ2v) is 3.69. The van der Waals surface area contributed by atoms with Crippen molar-refractivity contribution < 1.29 is 9.53 Å². The highest BCUT2D eigenvalue weighted by molar-refractivity contribution is 5.97. The molecular weight excluding hydrogens is 204 g/mol. The van der Waals surface area contributed by atoms with Gasteiger partial charge in [0.15, 0.2) is 0 Å². The Bertz CT molecular complexity index is 459. The maximum atomic E-state index is 11.6. The van der Waals surface area contributed by atoms with E-state index in [9.17, 15) is 4.79 Å². The van der Waals surface area contributed by atoms with Gasteiger partial charge >= 0.3 is 0 Å². The Kier molecular flexibility index (Phi) is 2.78. The molecule has 1 aromatic carbocycles. The van der Waals surface area contributed by atoms with Crippen LogP contribution >= 0.6 is 0 Å². The number of benzene rings is 1. The quantitative estimate of drug-likeness (QED) is 0.832. The molecule has 0 heterocycles. The van der Waals surface area contributed by atoms with E-state index in [4.69, 9.17) is 10.00 Å². The van der Waals surface area contributed by atoms with Gasteiger partial charge in [-0.2, -0.15) is 5.26 Å². The average Bonchev–Trinajstić information content (AvgIpc) is 3.12. The summed E-state index contributed by atoms with van der Waals surface area (Å²) in [5, 5.41) is 11.5. The number of hydrogen-bond donors (Lipinski definition) is 1. The number of ether oxygens (including phenoxy) is 1. The van der Waals surface area contributed by atoms with Gasteiger partial charge in [-0.3, -0.25) is 4.79 Å². The smallest absolute Gasteiger partial charge is 0.254 e. The fourth-order valence-electron chi connectivity index (χ4n) is 1.42. The minimum absolute atomic E-state index is 0.165. The van der Waals surface area contributed by atoms with E-state index in [0.717, 1.165) is 12.8 Å². The summed E-state index contributed by atoms with van der Waals surface area (Å²) in [6.07, 6.45) is 2.15. The number of amides is 1. The number of carbonyl (C=O) groups is 1. The fourth-order valence-corrected chi connectivity index (χ4v) is 1.42. The van der Waals surface area contributed by atoms with Crippen LogP contribution in [0.2, 0.25) is 0 Å². The highest BCUT2D eigenvalue weighted by Gasteiger charge is 2.27. The second kappa shape index (κ2) is 4.23. The molecule has 0 aliphatic heterocycles. The number of rotatable bonds is 3. The topological polar surface area (TPSA) is 62.1 Å². The monoisotopic (exact) mass is 216 g/mol. The molecule has 1 aliphatic carbocycles. The summed E-state index contributed by atoms with van der Waals surface area (Å²) in [5.74, 6) is 0.180. The molecule has 2 rings (SSSR count). The van der Waals surface area contributed by atoms with Gasteiger partial charge in [0.1, 0.15) is 11.8 Å². The summed E-state index contributed by atoms with van der Waals surface area (Å²) < 4.78 is 5.62. The number of hydrogen-bond acceptors (Lipinski definition) is 3. The number of carbonyl (C=O) groups excluding carboxylic acids is 1. The standard InChI is InChI=1S/C12H12N2O2/c1-14-12(15)10-4-2-3-8(7-13)11(10)16-9-5-6-9/h2-4,9H,5-6H2,1H3,(H,14,15). The molecule has 0 radical (unpaired) electrons. The molecular formula is C12H12N2O2. The van der Waals surface area contributed by atoms with Gasteiger partial charge in [0, 0.05) is 7.05 Å². The van der Waals surface area contributed by atoms with E-state index in [1.54, 1.807) is 25.2 Å². The lowest BCUT2D eigenvalue weighted by molar-refractivity contribution is 0.0958. The Morgan fingerprint density at radius 3 is 2.88 bits per heavy atom. The molecule has 0 saturated heterocycles. The molecule has 82 valence electrons.